The fraction of sp³-hybridized carbons (Fsp3) is 0.368. The van der Waals surface area contributed by atoms with E-state index in [1.807, 2.05) is 30.3 Å². The van der Waals surface area contributed by atoms with Crippen LogP contribution in [0.2, 0.25) is 0 Å². The molecule has 2 atom stereocenters. The summed E-state index contributed by atoms with van der Waals surface area (Å²) in [4.78, 5) is 0. The van der Waals surface area contributed by atoms with E-state index in [0.29, 0.717) is 0 Å². The number of nitrogens with one attached hydrogen (secondary N) is 2. The summed E-state index contributed by atoms with van der Waals surface area (Å²) in [5, 5.41) is 3.49. The van der Waals surface area contributed by atoms with Gasteiger partial charge in [0.25, 0.3) is 0 Å². The van der Waals surface area contributed by atoms with Crippen molar-refractivity contribution in [1.29, 1.82) is 0 Å². The minimum absolute atomic E-state index is 0.0578. The molecule has 2 aromatic carbocycles. The fourth-order valence-corrected chi connectivity index (χ4v) is 4.25. The second-order valence-electron chi connectivity index (χ2n) is 6.43. The van der Waals surface area contributed by atoms with E-state index in [0.717, 1.165) is 25.8 Å². The first kappa shape index (κ1) is 17.1. The molecule has 1 fully saturated rings. The number of piperidine rings is 1. The number of rotatable bonds is 5. The van der Waals surface area contributed by atoms with Crippen LogP contribution in [0.3, 0.4) is 0 Å². The average molecular weight is 344 g/mol. The van der Waals surface area contributed by atoms with Gasteiger partial charge in [-0.25, -0.2) is 13.1 Å². The van der Waals surface area contributed by atoms with Crippen molar-refractivity contribution in [2.24, 2.45) is 0 Å². The smallest absolute Gasteiger partial charge is 0.209 e. The first-order valence-electron chi connectivity index (χ1n) is 8.37. The molecular formula is C19H24N2O2S. The third-order valence-corrected chi connectivity index (χ3v) is 5.22. The lowest BCUT2D eigenvalue weighted by molar-refractivity contribution is 0.329. The topological polar surface area (TPSA) is 58.2 Å². The Bertz CT molecular complexity index is 775. The van der Waals surface area contributed by atoms with Crippen molar-refractivity contribution in [3.8, 4) is 11.1 Å². The highest BCUT2D eigenvalue weighted by Gasteiger charge is 2.27. The highest BCUT2D eigenvalue weighted by molar-refractivity contribution is 7.88. The molecule has 2 aromatic rings. The van der Waals surface area contributed by atoms with Crippen molar-refractivity contribution in [3.05, 3.63) is 60.2 Å². The molecule has 1 aliphatic rings. The van der Waals surface area contributed by atoms with Crippen LogP contribution in [0, 0.1) is 0 Å². The van der Waals surface area contributed by atoms with Gasteiger partial charge in [-0.15, -0.1) is 0 Å². The Morgan fingerprint density at radius 2 is 1.79 bits per heavy atom. The highest BCUT2D eigenvalue weighted by Crippen LogP contribution is 2.26. The predicted octanol–water partition coefficient (Wildman–Crippen LogP) is 2.57. The van der Waals surface area contributed by atoms with Gasteiger partial charge in [0.1, 0.15) is 0 Å². The van der Waals surface area contributed by atoms with E-state index < -0.39 is 10.0 Å². The molecule has 128 valence electrons. The molecule has 5 heteroatoms. The van der Waals surface area contributed by atoms with Crippen molar-refractivity contribution in [2.75, 3.05) is 12.8 Å². The Labute approximate surface area is 144 Å². The number of benzene rings is 2. The first-order chi connectivity index (χ1) is 11.5. The molecule has 1 heterocycles. The third kappa shape index (κ3) is 4.44. The molecule has 4 nitrogen and oxygen atoms in total. The molecule has 2 N–H and O–H groups in total. The molecular weight excluding hydrogens is 320 g/mol. The molecule has 0 aliphatic carbocycles. The summed E-state index contributed by atoms with van der Waals surface area (Å²) in [6.45, 7) is 0.931. The van der Waals surface area contributed by atoms with Crippen LogP contribution < -0.4 is 10.0 Å². The molecule has 0 saturated carbocycles. The third-order valence-electron chi connectivity index (χ3n) is 4.49. The van der Waals surface area contributed by atoms with Crippen molar-refractivity contribution in [1.82, 2.24) is 10.0 Å². The lowest BCUT2D eigenvalue weighted by Gasteiger charge is -2.33. The lowest BCUT2D eigenvalue weighted by Crippen LogP contribution is -2.54. The standard InChI is InChI=1S/C19H24N2O2S/c1-24(22,23)21-18-12-7-13-20-19(18)14-16-10-5-6-11-17(16)15-8-3-2-4-9-15/h2-6,8-11,18-21H,7,12-14H2,1H3/t18-,19-/m0/s1. The molecule has 0 bridgehead atoms. The normalized spacial score (nSPS) is 21.5. The van der Waals surface area contributed by atoms with Gasteiger partial charge in [0.15, 0.2) is 0 Å². The molecule has 1 aliphatic heterocycles. The Hall–Kier alpha value is -1.69. The van der Waals surface area contributed by atoms with Crippen molar-refractivity contribution in [2.45, 2.75) is 31.3 Å². The van der Waals surface area contributed by atoms with Gasteiger partial charge in [-0.05, 0) is 42.5 Å². The summed E-state index contributed by atoms with van der Waals surface area (Å²) < 4.78 is 26.1. The van der Waals surface area contributed by atoms with Gasteiger partial charge in [0, 0.05) is 12.1 Å². The largest absolute Gasteiger partial charge is 0.312 e. The van der Waals surface area contributed by atoms with Gasteiger partial charge in [-0.3, -0.25) is 0 Å². The summed E-state index contributed by atoms with van der Waals surface area (Å²) in [5.41, 5.74) is 3.64. The van der Waals surface area contributed by atoms with Crippen LogP contribution in [-0.4, -0.2) is 33.3 Å². The minimum Gasteiger partial charge on any atom is -0.312 e. The lowest BCUT2D eigenvalue weighted by atomic mass is 9.90. The molecule has 0 radical (unpaired) electrons. The van der Waals surface area contributed by atoms with Crippen LogP contribution in [0.15, 0.2) is 54.6 Å². The highest BCUT2D eigenvalue weighted by atomic mass is 32.2. The van der Waals surface area contributed by atoms with Gasteiger partial charge in [0.2, 0.25) is 10.0 Å². The van der Waals surface area contributed by atoms with E-state index in [4.69, 9.17) is 0 Å². The van der Waals surface area contributed by atoms with E-state index in [-0.39, 0.29) is 12.1 Å². The Balaban J connectivity index is 1.85. The second kappa shape index (κ2) is 7.47. The predicted molar refractivity (Wildman–Crippen MR) is 98.4 cm³/mol. The first-order valence-corrected chi connectivity index (χ1v) is 10.3. The second-order valence-corrected chi connectivity index (χ2v) is 8.21. The number of hydrogen-bond acceptors (Lipinski definition) is 3. The van der Waals surface area contributed by atoms with Gasteiger partial charge >= 0.3 is 0 Å². The van der Waals surface area contributed by atoms with Crippen LogP contribution in [0.5, 0.6) is 0 Å². The van der Waals surface area contributed by atoms with E-state index in [1.165, 1.54) is 22.9 Å². The maximum Gasteiger partial charge on any atom is 0.209 e. The van der Waals surface area contributed by atoms with Crippen molar-refractivity contribution >= 4 is 10.0 Å². The number of sulfonamides is 1. The molecule has 3 rings (SSSR count). The number of hydrogen-bond donors (Lipinski definition) is 2. The van der Waals surface area contributed by atoms with Crippen molar-refractivity contribution in [3.63, 3.8) is 0 Å². The molecule has 0 unspecified atom stereocenters. The molecule has 24 heavy (non-hydrogen) atoms. The summed E-state index contributed by atoms with van der Waals surface area (Å²) in [6.07, 6.45) is 3.90. The van der Waals surface area contributed by atoms with Crippen LogP contribution in [0.4, 0.5) is 0 Å². The van der Waals surface area contributed by atoms with Crippen LogP contribution in [0.1, 0.15) is 18.4 Å². The van der Waals surface area contributed by atoms with E-state index >= 15 is 0 Å². The summed E-state index contributed by atoms with van der Waals surface area (Å²) >= 11 is 0. The fourth-order valence-electron chi connectivity index (χ4n) is 3.42. The molecule has 0 spiro atoms. The van der Waals surface area contributed by atoms with E-state index in [2.05, 4.69) is 34.3 Å². The van der Waals surface area contributed by atoms with E-state index in [1.54, 1.807) is 0 Å². The zero-order valence-corrected chi connectivity index (χ0v) is 14.7. The minimum atomic E-state index is -3.20. The van der Waals surface area contributed by atoms with Crippen molar-refractivity contribution < 1.29 is 8.42 Å². The maximum absolute atomic E-state index is 11.6. The Morgan fingerprint density at radius 1 is 1.08 bits per heavy atom. The van der Waals surface area contributed by atoms with Crippen LogP contribution >= 0.6 is 0 Å². The Morgan fingerprint density at radius 3 is 2.54 bits per heavy atom. The summed E-state index contributed by atoms with van der Waals surface area (Å²) in [6, 6.07) is 18.7. The SMILES string of the molecule is CS(=O)(=O)N[C@H]1CCCN[C@H]1Cc1ccccc1-c1ccccc1. The van der Waals surface area contributed by atoms with Gasteiger partial charge in [-0.2, -0.15) is 0 Å². The maximum atomic E-state index is 11.6. The summed E-state index contributed by atoms with van der Waals surface area (Å²) in [7, 11) is -3.20. The zero-order chi connectivity index (χ0) is 17.0. The quantitative estimate of drug-likeness (QED) is 0.876. The summed E-state index contributed by atoms with van der Waals surface area (Å²) in [5.74, 6) is 0. The van der Waals surface area contributed by atoms with E-state index in [9.17, 15) is 8.42 Å². The zero-order valence-electron chi connectivity index (χ0n) is 13.9. The average Bonchev–Trinajstić information content (AvgIpc) is 2.57. The van der Waals surface area contributed by atoms with Gasteiger partial charge in [-0.1, -0.05) is 54.6 Å². The Kier molecular flexibility index (Phi) is 5.33. The molecule has 0 amide bonds. The van der Waals surface area contributed by atoms with Gasteiger partial charge in [0.05, 0.1) is 6.26 Å². The van der Waals surface area contributed by atoms with Crippen LogP contribution in [0.25, 0.3) is 11.1 Å². The monoisotopic (exact) mass is 344 g/mol. The van der Waals surface area contributed by atoms with Crippen LogP contribution in [-0.2, 0) is 16.4 Å². The molecule has 0 aromatic heterocycles. The molecule has 1 saturated heterocycles. The van der Waals surface area contributed by atoms with Gasteiger partial charge < -0.3 is 5.32 Å².